The summed E-state index contributed by atoms with van der Waals surface area (Å²) in [6.07, 6.45) is 2.44. The molecule has 0 aliphatic carbocycles. The van der Waals surface area contributed by atoms with Gasteiger partial charge in [-0.05, 0) is 61.7 Å². The van der Waals surface area contributed by atoms with Gasteiger partial charge in [-0.3, -0.25) is 4.98 Å². The summed E-state index contributed by atoms with van der Waals surface area (Å²) >= 11 is 3.34. The third kappa shape index (κ3) is 5.40. The van der Waals surface area contributed by atoms with Crippen LogP contribution in [0.15, 0.2) is 22.8 Å². The molecular formula is C17H23BrN2O5. The monoisotopic (exact) mass is 414 g/mol. The number of carbonyl (C=O) groups excluding carboxylic acids is 1. The van der Waals surface area contributed by atoms with Crippen molar-refractivity contribution in [3.63, 3.8) is 0 Å². The fourth-order valence-electron chi connectivity index (χ4n) is 2.75. The van der Waals surface area contributed by atoms with Gasteiger partial charge >= 0.3 is 12.1 Å². The Balaban J connectivity index is 2.26. The zero-order valence-corrected chi connectivity index (χ0v) is 16.2. The summed E-state index contributed by atoms with van der Waals surface area (Å²) in [5.74, 6) is -1.06. The number of ether oxygens (including phenoxy) is 2. The van der Waals surface area contributed by atoms with E-state index in [1.165, 1.54) is 0 Å². The molecule has 1 fully saturated rings. The van der Waals surface area contributed by atoms with Crippen LogP contribution < -0.4 is 0 Å². The van der Waals surface area contributed by atoms with Gasteiger partial charge in [-0.2, -0.15) is 0 Å². The zero-order chi connectivity index (χ0) is 18.7. The number of aliphatic carboxylic acids is 1. The van der Waals surface area contributed by atoms with Crippen molar-refractivity contribution in [3.05, 3.63) is 28.5 Å². The van der Waals surface area contributed by atoms with Crippen molar-refractivity contribution in [1.29, 1.82) is 0 Å². The molecule has 2 heterocycles. The summed E-state index contributed by atoms with van der Waals surface area (Å²) < 4.78 is 12.0. The molecule has 1 saturated heterocycles. The number of hydrogen-bond donors (Lipinski definition) is 1. The first kappa shape index (κ1) is 19.7. The lowest BCUT2D eigenvalue weighted by atomic mass is 9.88. The Kier molecular flexibility index (Phi) is 6.05. The van der Waals surface area contributed by atoms with Gasteiger partial charge in [0.1, 0.15) is 17.8 Å². The van der Waals surface area contributed by atoms with Gasteiger partial charge in [-0.25, -0.2) is 9.59 Å². The van der Waals surface area contributed by atoms with Crippen molar-refractivity contribution in [2.24, 2.45) is 0 Å². The van der Waals surface area contributed by atoms with Gasteiger partial charge in [-0.1, -0.05) is 0 Å². The van der Waals surface area contributed by atoms with E-state index in [9.17, 15) is 9.59 Å². The smallest absolute Gasteiger partial charge is 0.410 e. The normalized spacial score (nSPS) is 21.0. The van der Waals surface area contributed by atoms with Crippen molar-refractivity contribution in [2.45, 2.75) is 44.8 Å². The molecule has 0 saturated carbocycles. The lowest BCUT2D eigenvalue weighted by molar-refractivity contribution is -0.155. The molecule has 25 heavy (non-hydrogen) atoms. The van der Waals surface area contributed by atoms with Crippen LogP contribution in [-0.4, -0.2) is 52.4 Å². The van der Waals surface area contributed by atoms with Crippen molar-refractivity contribution in [1.82, 2.24) is 9.88 Å². The van der Waals surface area contributed by atoms with E-state index in [1.54, 1.807) is 37.9 Å². The molecule has 0 aromatic carbocycles. The van der Waals surface area contributed by atoms with Gasteiger partial charge in [0.15, 0.2) is 0 Å². The van der Waals surface area contributed by atoms with Gasteiger partial charge < -0.3 is 19.5 Å². The second-order valence-corrected chi connectivity index (χ2v) is 7.96. The molecule has 7 nitrogen and oxygen atoms in total. The number of pyridine rings is 1. The van der Waals surface area contributed by atoms with Gasteiger partial charge in [-0.15, -0.1) is 0 Å². The van der Waals surface area contributed by atoms with Gasteiger partial charge in [0.2, 0.25) is 0 Å². The van der Waals surface area contributed by atoms with E-state index in [0.29, 0.717) is 25.1 Å². The molecule has 0 spiro atoms. The van der Waals surface area contributed by atoms with Gasteiger partial charge in [0.05, 0.1) is 12.2 Å². The van der Waals surface area contributed by atoms with Crippen LogP contribution in [0.1, 0.15) is 39.3 Å². The lowest BCUT2D eigenvalue weighted by Crippen LogP contribution is -2.52. The number of likely N-dealkylation sites (tertiary alicyclic amines) is 1. The van der Waals surface area contributed by atoms with Crippen LogP contribution in [0.2, 0.25) is 0 Å². The van der Waals surface area contributed by atoms with Crippen molar-refractivity contribution in [3.8, 4) is 0 Å². The molecule has 1 amide bonds. The number of rotatable bonds is 4. The Hall–Kier alpha value is -1.67. The minimum atomic E-state index is -1.06. The van der Waals surface area contributed by atoms with Crippen LogP contribution in [0.5, 0.6) is 0 Å². The number of carbonyl (C=O) groups is 2. The number of carboxylic acid groups (broad SMARTS) is 1. The highest BCUT2D eigenvalue weighted by molar-refractivity contribution is 9.10. The molecule has 1 aromatic rings. The number of nitrogens with zero attached hydrogens (tertiary/aromatic N) is 2. The summed E-state index contributed by atoms with van der Waals surface area (Å²) in [5.41, 5.74) is -0.964. The Morgan fingerprint density at radius 2 is 2.12 bits per heavy atom. The van der Waals surface area contributed by atoms with E-state index in [-0.39, 0.29) is 6.54 Å². The third-order valence-corrected chi connectivity index (χ3v) is 4.24. The van der Waals surface area contributed by atoms with Crippen molar-refractivity contribution >= 4 is 28.0 Å². The summed E-state index contributed by atoms with van der Waals surface area (Å²) in [4.78, 5) is 29.4. The molecule has 1 unspecified atom stereocenters. The largest absolute Gasteiger partial charge is 0.480 e. The summed E-state index contributed by atoms with van der Waals surface area (Å²) in [5, 5.41) is 9.02. The molecule has 1 N–H and O–H groups in total. The molecule has 2 rings (SSSR count). The van der Waals surface area contributed by atoms with Crippen LogP contribution in [0, 0.1) is 0 Å². The van der Waals surface area contributed by atoms with Crippen LogP contribution in [0.3, 0.4) is 0 Å². The predicted octanol–water partition coefficient (Wildman–Crippen LogP) is 3.17. The Morgan fingerprint density at radius 3 is 2.68 bits per heavy atom. The van der Waals surface area contributed by atoms with Crippen molar-refractivity contribution < 1.29 is 24.2 Å². The van der Waals surface area contributed by atoms with Crippen LogP contribution >= 0.6 is 15.9 Å². The Labute approximate surface area is 155 Å². The second kappa shape index (κ2) is 7.70. The van der Waals surface area contributed by atoms with Gasteiger partial charge in [0, 0.05) is 17.2 Å². The van der Waals surface area contributed by atoms with Gasteiger partial charge in [0.25, 0.3) is 0 Å². The maximum Gasteiger partial charge on any atom is 0.410 e. The first-order valence-corrected chi connectivity index (χ1v) is 8.86. The van der Waals surface area contributed by atoms with E-state index >= 15 is 0 Å². The summed E-state index contributed by atoms with van der Waals surface area (Å²) in [7, 11) is 0. The standard InChI is InChI=1S/C17H23BrN2O5/c1-16(2,3)25-15(23)20-8-4-7-17(11-20,24-10-14(21)22)13-6-5-12(18)9-19-13/h5-6,9H,4,7-8,10-11H2,1-3H3,(H,21,22). The van der Waals surface area contributed by atoms with E-state index in [1.807, 2.05) is 6.07 Å². The quantitative estimate of drug-likeness (QED) is 0.813. The van der Waals surface area contributed by atoms with E-state index in [4.69, 9.17) is 14.6 Å². The minimum absolute atomic E-state index is 0.198. The highest BCUT2D eigenvalue weighted by Gasteiger charge is 2.42. The fourth-order valence-corrected chi connectivity index (χ4v) is 2.98. The van der Waals surface area contributed by atoms with E-state index in [0.717, 1.165) is 4.47 Å². The number of halogens is 1. The maximum atomic E-state index is 12.4. The molecular weight excluding hydrogens is 392 g/mol. The molecule has 1 atom stereocenters. The zero-order valence-electron chi connectivity index (χ0n) is 14.6. The topological polar surface area (TPSA) is 89.0 Å². The first-order valence-electron chi connectivity index (χ1n) is 8.07. The average Bonchev–Trinajstić information content (AvgIpc) is 2.52. The van der Waals surface area contributed by atoms with Crippen LogP contribution in [0.25, 0.3) is 0 Å². The summed E-state index contributed by atoms with van der Waals surface area (Å²) in [6, 6.07) is 3.60. The minimum Gasteiger partial charge on any atom is -0.480 e. The molecule has 0 bridgehead atoms. The van der Waals surface area contributed by atoms with Crippen molar-refractivity contribution in [2.75, 3.05) is 19.7 Å². The lowest BCUT2D eigenvalue weighted by Gasteiger charge is -2.42. The number of carboxylic acids is 1. The predicted molar refractivity (Wildman–Crippen MR) is 94.2 cm³/mol. The number of hydrogen-bond acceptors (Lipinski definition) is 5. The van der Waals surface area contributed by atoms with E-state index in [2.05, 4.69) is 20.9 Å². The second-order valence-electron chi connectivity index (χ2n) is 7.04. The highest BCUT2D eigenvalue weighted by atomic mass is 79.9. The maximum absolute atomic E-state index is 12.4. The van der Waals surface area contributed by atoms with Crippen LogP contribution in [-0.2, 0) is 19.9 Å². The number of piperidine rings is 1. The number of aromatic nitrogens is 1. The average molecular weight is 415 g/mol. The highest BCUT2D eigenvalue weighted by Crippen LogP contribution is 2.35. The Bertz CT molecular complexity index is 629. The third-order valence-electron chi connectivity index (χ3n) is 3.77. The first-order chi connectivity index (χ1) is 11.6. The molecule has 1 aromatic heterocycles. The molecule has 8 heteroatoms. The molecule has 1 aliphatic rings. The Morgan fingerprint density at radius 1 is 1.40 bits per heavy atom. The fraction of sp³-hybridized carbons (Fsp3) is 0.588. The number of amides is 1. The van der Waals surface area contributed by atoms with Crippen LogP contribution in [0.4, 0.5) is 4.79 Å². The molecule has 0 radical (unpaired) electrons. The SMILES string of the molecule is CC(C)(C)OC(=O)N1CCCC(OCC(=O)O)(c2ccc(Br)cn2)C1. The molecule has 138 valence electrons. The molecule has 1 aliphatic heterocycles. The summed E-state index contributed by atoms with van der Waals surface area (Å²) in [6.45, 7) is 5.69. The van der Waals surface area contributed by atoms with E-state index < -0.39 is 29.9 Å².